The lowest BCUT2D eigenvalue weighted by Gasteiger charge is -2.20. The van der Waals surface area contributed by atoms with Gasteiger partial charge in [0, 0.05) is 10.5 Å². The van der Waals surface area contributed by atoms with Crippen LogP contribution in [0.3, 0.4) is 0 Å². The molecule has 0 heterocycles. The Kier molecular flexibility index (Phi) is 4.41. The van der Waals surface area contributed by atoms with Crippen LogP contribution in [0.1, 0.15) is 38.3 Å². The largest absolute Gasteiger partial charge is 0.324 e. The van der Waals surface area contributed by atoms with Crippen LogP contribution in [-0.2, 0) is 0 Å². The quantitative estimate of drug-likeness (QED) is 0.841. The highest BCUT2D eigenvalue weighted by molar-refractivity contribution is 9.10. The van der Waals surface area contributed by atoms with Crippen LogP contribution in [0.2, 0.25) is 0 Å². The van der Waals surface area contributed by atoms with Crippen LogP contribution in [0.15, 0.2) is 40.9 Å². The Hall–Kier alpha value is -0.860. The Balaban J connectivity index is 2.32. The number of hydrogen-bond acceptors (Lipinski definition) is 1. The van der Waals surface area contributed by atoms with Crippen LogP contribution in [0.25, 0.3) is 10.8 Å². The summed E-state index contributed by atoms with van der Waals surface area (Å²) in [6, 6.07) is 13.0. The maximum atomic E-state index is 6.34. The van der Waals surface area contributed by atoms with Gasteiger partial charge in [-0.3, -0.25) is 0 Å². The van der Waals surface area contributed by atoms with Crippen molar-refractivity contribution in [2.24, 2.45) is 11.7 Å². The molecule has 2 rings (SSSR count). The highest BCUT2D eigenvalue weighted by atomic mass is 79.9. The molecular weight excluding hydrogens is 286 g/mol. The normalized spacial score (nSPS) is 14.7. The van der Waals surface area contributed by atoms with E-state index in [4.69, 9.17) is 5.73 Å². The number of halogens is 1. The van der Waals surface area contributed by atoms with Crippen LogP contribution < -0.4 is 5.73 Å². The Morgan fingerprint density at radius 3 is 2.50 bits per heavy atom. The van der Waals surface area contributed by atoms with Gasteiger partial charge in [-0.1, -0.05) is 54.4 Å². The number of benzene rings is 2. The van der Waals surface area contributed by atoms with Gasteiger partial charge >= 0.3 is 0 Å². The number of hydrogen-bond donors (Lipinski definition) is 1. The summed E-state index contributed by atoms with van der Waals surface area (Å²) in [4.78, 5) is 0. The molecule has 0 fully saturated rings. The van der Waals surface area contributed by atoms with Crippen molar-refractivity contribution in [1.29, 1.82) is 0 Å². The molecule has 0 bridgehead atoms. The molecule has 0 saturated carbocycles. The second-order valence-electron chi connectivity index (χ2n) is 5.04. The molecular formula is C16H20BrN. The minimum absolute atomic E-state index is 0.137. The van der Waals surface area contributed by atoms with Crippen molar-refractivity contribution in [3.8, 4) is 0 Å². The summed E-state index contributed by atoms with van der Waals surface area (Å²) in [5.74, 6) is 0.530. The van der Waals surface area contributed by atoms with E-state index < -0.39 is 0 Å². The third-order valence-corrected chi connectivity index (χ3v) is 4.06. The van der Waals surface area contributed by atoms with Crippen molar-refractivity contribution in [1.82, 2.24) is 0 Å². The van der Waals surface area contributed by atoms with E-state index in [1.165, 1.54) is 29.2 Å². The summed E-state index contributed by atoms with van der Waals surface area (Å²) in [5, 5.41) is 2.51. The van der Waals surface area contributed by atoms with E-state index in [1.54, 1.807) is 0 Å². The summed E-state index contributed by atoms with van der Waals surface area (Å²) >= 11 is 3.50. The fraction of sp³-hybridized carbons (Fsp3) is 0.375. The molecule has 0 aromatic heterocycles. The molecule has 2 N–H and O–H groups in total. The van der Waals surface area contributed by atoms with Gasteiger partial charge in [-0.15, -0.1) is 0 Å². The monoisotopic (exact) mass is 305 g/mol. The summed E-state index contributed by atoms with van der Waals surface area (Å²) in [7, 11) is 0. The lowest BCUT2D eigenvalue weighted by Crippen LogP contribution is -2.18. The van der Waals surface area contributed by atoms with Crippen LogP contribution in [0.5, 0.6) is 0 Å². The maximum Gasteiger partial charge on any atom is 0.0321 e. The van der Waals surface area contributed by atoms with Gasteiger partial charge in [0.25, 0.3) is 0 Å². The van der Waals surface area contributed by atoms with Gasteiger partial charge in [-0.05, 0) is 46.9 Å². The third-order valence-electron chi connectivity index (χ3n) is 3.57. The van der Waals surface area contributed by atoms with Gasteiger partial charge in [-0.25, -0.2) is 0 Å². The molecule has 18 heavy (non-hydrogen) atoms. The first-order chi connectivity index (χ1) is 8.61. The van der Waals surface area contributed by atoms with Gasteiger partial charge in [0.15, 0.2) is 0 Å². The van der Waals surface area contributed by atoms with Crippen molar-refractivity contribution < 1.29 is 0 Å². The molecule has 0 aliphatic carbocycles. The van der Waals surface area contributed by atoms with E-state index in [-0.39, 0.29) is 6.04 Å². The molecule has 0 aliphatic rings. The summed E-state index contributed by atoms with van der Waals surface area (Å²) < 4.78 is 1.12. The molecule has 2 atom stereocenters. The van der Waals surface area contributed by atoms with Crippen LogP contribution >= 0.6 is 15.9 Å². The maximum absolute atomic E-state index is 6.34. The summed E-state index contributed by atoms with van der Waals surface area (Å²) in [6.07, 6.45) is 2.37. The second kappa shape index (κ2) is 5.85. The molecule has 0 spiro atoms. The van der Waals surface area contributed by atoms with E-state index in [0.717, 1.165) is 4.47 Å². The SMILES string of the molecule is CCCC(C)C(N)c1ccc2cc(Br)ccc2c1. The zero-order chi connectivity index (χ0) is 13.1. The first kappa shape index (κ1) is 13.6. The summed E-state index contributed by atoms with van der Waals surface area (Å²) in [5.41, 5.74) is 7.58. The van der Waals surface area contributed by atoms with Crippen molar-refractivity contribution in [2.45, 2.75) is 32.7 Å². The number of nitrogens with two attached hydrogens (primary N) is 1. The van der Waals surface area contributed by atoms with E-state index in [2.05, 4.69) is 66.2 Å². The molecule has 0 aliphatic heterocycles. The number of rotatable bonds is 4. The second-order valence-corrected chi connectivity index (χ2v) is 5.96. The average molecular weight is 306 g/mol. The third kappa shape index (κ3) is 2.93. The molecule has 0 radical (unpaired) electrons. The van der Waals surface area contributed by atoms with Gasteiger partial charge in [0.2, 0.25) is 0 Å². The van der Waals surface area contributed by atoms with Crippen LogP contribution in [0.4, 0.5) is 0 Å². The van der Waals surface area contributed by atoms with Gasteiger partial charge in [0.1, 0.15) is 0 Å². The molecule has 96 valence electrons. The topological polar surface area (TPSA) is 26.0 Å². The van der Waals surface area contributed by atoms with E-state index in [0.29, 0.717) is 5.92 Å². The molecule has 2 unspecified atom stereocenters. The van der Waals surface area contributed by atoms with Crippen molar-refractivity contribution in [3.63, 3.8) is 0 Å². The fourth-order valence-electron chi connectivity index (χ4n) is 2.41. The van der Waals surface area contributed by atoms with Crippen molar-refractivity contribution in [3.05, 3.63) is 46.4 Å². The average Bonchev–Trinajstić information content (AvgIpc) is 2.37. The van der Waals surface area contributed by atoms with E-state index >= 15 is 0 Å². The van der Waals surface area contributed by atoms with Gasteiger partial charge < -0.3 is 5.73 Å². The lowest BCUT2D eigenvalue weighted by molar-refractivity contribution is 0.434. The molecule has 1 nitrogen and oxygen atoms in total. The zero-order valence-electron chi connectivity index (χ0n) is 11.0. The molecule has 0 saturated heterocycles. The van der Waals surface area contributed by atoms with Gasteiger partial charge in [0.05, 0.1) is 0 Å². The zero-order valence-corrected chi connectivity index (χ0v) is 12.6. The molecule has 2 heteroatoms. The Bertz CT molecular complexity index is 536. The van der Waals surface area contributed by atoms with Gasteiger partial charge in [-0.2, -0.15) is 0 Å². The van der Waals surface area contributed by atoms with Crippen LogP contribution in [0, 0.1) is 5.92 Å². The fourth-order valence-corrected chi connectivity index (χ4v) is 2.78. The Morgan fingerprint density at radius 2 is 1.78 bits per heavy atom. The Labute approximate surface area is 118 Å². The molecule has 0 amide bonds. The predicted octanol–water partition coefficient (Wildman–Crippen LogP) is 5.04. The highest BCUT2D eigenvalue weighted by Crippen LogP contribution is 2.27. The molecule has 2 aromatic rings. The Morgan fingerprint density at radius 1 is 1.11 bits per heavy atom. The standard InChI is InChI=1S/C16H20BrN/c1-3-4-11(2)16(18)14-6-5-13-10-15(17)8-7-12(13)9-14/h5-11,16H,3-4,18H2,1-2H3. The lowest BCUT2D eigenvalue weighted by atomic mass is 9.91. The predicted molar refractivity (Wildman–Crippen MR) is 82.6 cm³/mol. The first-order valence-corrected chi connectivity index (χ1v) is 7.36. The van der Waals surface area contributed by atoms with E-state index in [1.807, 2.05) is 0 Å². The smallest absolute Gasteiger partial charge is 0.0321 e. The van der Waals surface area contributed by atoms with Crippen molar-refractivity contribution in [2.75, 3.05) is 0 Å². The van der Waals surface area contributed by atoms with E-state index in [9.17, 15) is 0 Å². The summed E-state index contributed by atoms with van der Waals surface area (Å²) in [6.45, 7) is 4.45. The van der Waals surface area contributed by atoms with Crippen LogP contribution in [-0.4, -0.2) is 0 Å². The van der Waals surface area contributed by atoms with Crippen molar-refractivity contribution >= 4 is 26.7 Å². The molecule has 2 aromatic carbocycles. The minimum atomic E-state index is 0.137. The number of fused-ring (bicyclic) bond motifs is 1. The first-order valence-electron chi connectivity index (χ1n) is 6.56. The highest BCUT2D eigenvalue weighted by Gasteiger charge is 2.14. The minimum Gasteiger partial charge on any atom is -0.324 e.